The van der Waals surface area contributed by atoms with Gasteiger partial charge in [-0.15, -0.1) is 0 Å². The Morgan fingerprint density at radius 2 is 2.24 bits per heavy atom. The number of nitrogens with one attached hydrogen (secondary N) is 1. The molecule has 2 unspecified atom stereocenters. The van der Waals surface area contributed by atoms with Gasteiger partial charge in [0.2, 0.25) is 5.91 Å². The van der Waals surface area contributed by atoms with Crippen LogP contribution in [0.25, 0.3) is 0 Å². The maximum Gasteiger partial charge on any atom is 0.227 e. The summed E-state index contributed by atoms with van der Waals surface area (Å²) in [6.07, 6.45) is 4.93. The topological polar surface area (TPSA) is 32.3 Å². The molecule has 2 heterocycles. The summed E-state index contributed by atoms with van der Waals surface area (Å²) >= 11 is 0. The summed E-state index contributed by atoms with van der Waals surface area (Å²) in [4.78, 5) is 14.6. The molecule has 0 aromatic heterocycles. The summed E-state index contributed by atoms with van der Waals surface area (Å²) in [5.41, 5.74) is 0.771. The van der Waals surface area contributed by atoms with Gasteiger partial charge >= 0.3 is 0 Å². The van der Waals surface area contributed by atoms with E-state index in [2.05, 4.69) is 5.32 Å². The number of carbonyl (C=O) groups is 1. The van der Waals surface area contributed by atoms with Gasteiger partial charge in [-0.25, -0.2) is 4.39 Å². The van der Waals surface area contributed by atoms with Crippen molar-refractivity contribution in [3.8, 4) is 0 Å². The van der Waals surface area contributed by atoms with E-state index in [-0.39, 0.29) is 11.7 Å². The van der Waals surface area contributed by atoms with Crippen LogP contribution in [0.2, 0.25) is 0 Å². The second kappa shape index (κ2) is 6.56. The van der Waals surface area contributed by atoms with E-state index in [1.54, 1.807) is 6.07 Å². The largest absolute Gasteiger partial charge is 0.339 e. The van der Waals surface area contributed by atoms with Crippen LogP contribution in [0.15, 0.2) is 24.3 Å². The molecule has 1 N–H and O–H groups in total. The van der Waals surface area contributed by atoms with Crippen molar-refractivity contribution in [1.82, 2.24) is 10.2 Å². The molecule has 1 amide bonds. The van der Waals surface area contributed by atoms with Crippen LogP contribution >= 0.6 is 0 Å². The lowest BCUT2D eigenvalue weighted by atomic mass is 9.90. The van der Waals surface area contributed by atoms with Crippen molar-refractivity contribution in [3.63, 3.8) is 0 Å². The normalized spacial score (nSPS) is 26.0. The predicted octanol–water partition coefficient (Wildman–Crippen LogP) is 2.36. The fourth-order valence-corrected chi connectivity index (χ4v) is 3.72. The highest BCUT2D eigenvalue weighted by Gasteiger charge is 2.34. The summed E-state index contributed by atoms with van der Waals surface area (Å²) in [5.74, 6) is 0.459. The number of carbonyl (C=O) groups excluding carboxylic acids is 1. The van der Waals surface area contributed by atoms with Gasteiger partial charge in [-0.2, -0.15) is 0 Å². The quantitative estimate of drug-likeness (QED) is 0.927. The Morgan fingerprint density at radius 3 is 3.00 bits per heavy atom. The van der Waals surface area contributed by atoms with Gasteiger partial charge in [0.15, 0.2) is 0 Å². The van der Waals surface area contributed by atoms with Crippen LogP contribution < -0.4 is 5.32 Å². The number of nitrogens with zero attached hydrogens (tertiary/aromatic N) is 1. The van der Waals surface area contributed by atoms with E-state index in [1.165, 1.54) is 25.0 Å². The average Bonchev–Trinajstić information content (AvgIpc) is 2.98. The van der Waals surface area contributed by atoms with Crippen molar-refractivity contribution in [2.45, 2.75) is 38.1 Å². The van der Waals surface area contributed by atoms with Crippen molar-refractivity contribution < 1.29 is 9.18 Å². The first-order chi connectivity index (χ1) is 10.2. The second-order valence-corrected chi connectivity index (χ2v) is 6.21. The SMILES string of the molecule is O=C(Cc1cccc(F)c1)N1CCCC1C1CCCNC1. The Kier molecular flexibility index (Phi) is 4.54. The van der Waals surface area contributed by atoms with E-state index in [0.717, 1.165) is 38.0 Å². The number of benzene rings is 1. The first kappa shape index (κ1) is 14.5. The molecule has 2 saturated heterocycles. The molecule has 2 fully saturated rings. The van der Waals surface area contributed by atoms with Gasteiger partial charge in [-0.1, -0.05) is 12.1 Å². The first-order valence-electron chi connectivity index (χ1n) is 7.98. The number of halogens is 1. The standard InChI is InChI=1S/C17H23FN2O/c18-15-6-1-4-13(10-15)11-17(21)20-9-3-7-16(20)14-5-2-8-19-12-14/h1,4,6,10,14,16,19H,2-3,5,7-9,11-12H2. The maximum atomic E-state index is 13.2. The third kappa shape index (κ3) is 3.43. The Bertz CT molecular complexity index is 499. The second-order valence-electron chi connectivity index (χ2n) is 6.21. The summed E-state index contributed by atoms with van der Waals surface area (Å²) in [6.45, 7) is 2.98. The van der Waals surface area contributed by atoms with Crippen molar-refractivity contribution in [2.24, 2.45) is 5.92 Å². The van der Waals surface area contributed by atoms with Crippen molar-refractivity contribution >= 4 is 5.91 Å². The highest BCUT2D eigenvalue weighted by molar-refractivity contribution is 5.79. The fourth-order valence-electron chi connectivity index (χ4n) is 3.72. The Balaban J connectivity index is 1.65. The van der Waals surface area contributed by atoms with Crippen LogP contribution in [0.1, 0.15) is 31.2 Å². The Hall–Kier alpha value is -1.42. The van der Waals surface area contributed by atoms with Crippen LogP contribution in [0.4, 0.5) is 4.39 Å². The molecular weight excluding hydrogens is 267 g/mol. The highest BCUT2D eigenvalue weighted by Crippen LogP contribution is 2.28. The zero-order chi connectivity index (χ0) is 14.7. The summed E-state index contributed by atoms with van der Waals surface area (Å²) in [6, 6.07) is 6.75. The lowest BCUT2D eigenvalue weighted by Gasteiger charge is -2.34. The molecule has 0 saturated carbocycles. The smallest absolute Gasteiger partial charge is 0.227 e. The summed E-state index contributed by atoms with van der Waals surface area (Å²) < 4.78 is 13.2. The molecule has 114 valence electrons. The summed E-state index contributed by atoms with van der Waals surface area (Å²) in [7, 11) is 0. The molecule has 21 heavy (non-hydrogen) atoms. The number of amides is 1. The monoisotopic (exact) mass is 290 g/mol. The molecule has 2 aliphatic heterocycles. The number of rotatable bonds is 3. The fraction of sp³-hybridized carbons (Fsp3) is 0.588. The lowest BCUT2D eigenvalue weighted by Crippen LogP contribution is -2.46. The van der Waals surface area contributed by atoms with E-state index in [9.17, 15) is 9.18 Å². The minimum Gasteiger partial charge on any atom is -0.339 e. The zero-order valence-electron chi connectivity index (χ0n) is 12.4. The molecule has 1 aromatic carbocycles. The number of hydrogen-bond acceptors (Lipinski definition) is 2. The summed E-state index contributed by atoms with van der Waals surface area (Å²) in [5, 5.41) is 3.44. The van der Waals surface area contributed by atoms with Crippen LogP contribution in [-0.2, 0) is 11.2 Å². The molecule has 0 spiro atoms. The van der Waals surface area contributed by atoms with E-state index in [1.807, 2.05) is 11.0 Å². The van der Waals surface area contributed by atoms with Crippen molar-refractivity contribution in [3.05, 3.63) is 35.6 Å². The van der Waals surface area contributed by atoms with E-state index < -0.39 is 0 Å². The zero-order valence-corrected chi connectivity index (χ0v) is 12.4. The molecule has 3 nitrogen and oxygen atoms in total. The molecular formula is C17H23FN2O. The van der Waals surface area contributed by atoms with Gasteiger partial charge < -0.3 is 10.2 Å². The minimum atomic E-state index is -0.269. The van der Waals surface area contributed by atoms with Crippen LogP contribution in [0.5, 0.6) is 0 Å². The number of hydrogen-bond donors (Lipinski definition) is 1. The van der Waals surface area contributed by atoms with Crippen molar-refractivity contribution in [1.29, 1.82) is 0 Å². The van der Waals surface area contributed by atoms with Crippen LogP contribution in [-0.4, -0.2) is 36.5 Å². The molecule has 0 bridgehead atoms. The van der Waals surface area contributed by atoms with E-state index >= 15 is 0 Å². The third-order valence-electron chi connectivity index (χ3n) is 4.74. The molecule has 2 aliphatic rings. The lowest BCUT2D eigenvalue weighted by molar-refractivity contribution is -0.132. The van der Waals surface area contributed by atoms with Gasteiger partial charge in [0.1, 0.15) is 5.82 Å². The molecule has 0 radical (unpaired) electrons. The average molecular weight is 290 g/mol. The Morgan fingerprint density at radius 1 is 1.33 bits per heavy atom. The minimum absolute atomic E-state index is 0.147. The van der Waals surface area contributed by atoms with Crippen LogP contribution in [0, 0.1) is 11.7 Å². The van der Waals surface area contributed by atoms with Gasteiger partial charge in [0.05, 0.1) is 6.42 Å². The van der Waals surface area contributed by atoms with Gasteiger partial charge in [0.25, 0.3) is 0 Å². The van der Waals surface area contributed by atoms with E-state index in [0.29, 0.717) is 18.4 Å². The molecule has 0 aliphatic carbocycles. The van der Waals surface area contributed by atoms with E-state index in [4.69, 9.17) is 0 Å². The molecule has 1 aromatic rings. The number of piperidine rings is 1. The molecule has 2 atom stereocenters. The highest BCUT2D eigenvalue weighted by atomic mass is 19.1. The third-order valence-corrected chi connectivity index (χ3v) is 4.74. The Labute approximate surface area is 125 Å². The predicted molar refractivity (Wildman–Crippen MR) is 80.4 cm³/mol. The van der Waals surface area contributed by atoms with Gasteiger partial charge in [-0.05, 0) is 62.4 Å². The molecule has 4 heteroatoms. The molecule has 3 rings (SSSR count). The van der Waals surface area contributed by atoms with Crippen molar-refractivity contribution in [2.75, 3.05) is 19.6 Å². The van der Waals surface area contributed by atoms with Gasteiger partial charge in [0, 0.05) is 12.6 Å². The number of likely N-dealkylation sites (tertiary alicyclic amines) is 1. The first-order valence-corrected chi connectivity index (χ1v) is 7.98. The maximum absolute atomic E-state index is 13.2. The van der Waals surface area contributed by atoms with Crippen LogP contribution in [0.3, 0.4) is 0 Å². The van der Waals surface area contributed by atoms with Gasteiger partial charge in [-0.3, -0.25) is 4.79 Å².